The van der Waals surface area contributed by atoms with Crippen LogP contribution in [0.5, 0.6) is 0 Å². The molecule has 1 saturated heterocycles. The van der Waals surface area contributed by atoms with Crippen molar-refractivity contribution in [3.63, 3.8) is 0 Å². The van der Waals surface area contributed by atoms with Gasteiger partial charge in [0.2, 0.25) is 0 Å². The van der Waals surface area contributed by atoms with E-state index >= 15 is 0 Å². The molecule has 2 nitrogen and oxygen atoms in total. The molecule has 1 N–H and O–H groups in total. The Kier molecular flexibility index (Phi) is 4.56. The zero-order chi connectivity index (χ0) is 9.84. The van der Waals surface area contributed by atoms with Gasteiger partial charge < -0.3 is 5.11 Å². The second-order valence-electron chi connectivity index (χ2n) is 3.93. The maximum atomic E-state index is 9.20. The Morgan fingerprint density at radius 3 is 2.69 bits per heavy atom. The molecule has 1 aliphatic heterocycles. The molecule has 3 atom stereocenters. The van der Waals surface area contributed by atoms with Gasteiger partial charge in [0, 0.05) is 17.3 Å². The predicted octanol–water partition coefficient (Wildman–Crippen LogP) is 1.58. The van der Waals surface area contributed by atoms with Crippen molar-refractivity contribution in [1.82, 2.24) is 4.90 Å². The molecule has 3 heteroatoms. The van der Waals surface area contributed by atoms with Gasteiger partial charge in [0.25, 0.3) is 0 Å². The minimum atomic E-state index is 0.297. The smallest absolute Gasteiger partial charge is 0.0565 e. The molecule has 13 heavy (non-hydrogen) atoms. The number of hydrogen-bond acceptors (Lipinski definition) is 3. The summed E-state index contributed by atoms with van der Waals surface area (Å²) >= 11 is 1.78. The summed E-state index contributed by atoms with van der Waals surface area (Å²) < 4.78 is 0. The SMILES string of the molecule is CSC(CO)C(C)N1CCCC1C. The number of likely N-dealkylation sites (tertiary alicyclic amines) is 1. The summed E-state index contributed by atoms with van der Waals surface area (Å²) in [4.78, 5) is 2.53. The lowest BCUT2D eigenvalue weighted by Crippen LogP contribution is -2.43. The molecule has 1 heterocycles. The summed E-state index contributed by atoms with van der Waals surface area (Å²) in [6.07, 6.45) is 4.72. The second-order valence-corrected chi connectivity index (χ2v) is 5.00. The van der Waals surface area contributed by atoms with Gasteiger partial charge in [-0.3, -0.25) is 4.90 Å². The Balaban J connectivity index is 2.49. The van der Waals surface area contributed by atoms with Gasteiger partial charge in [0.15, 0.2) is 0 Å². The average Bonchev–Trinajstić information content (AvgIpc) is 2.53. The topological polar surface area (TPSA) is 23.5 Å². The molecular weight excluding hydrogens is 182 g/mol. The Morgan fingerprint density at radius 1 is 1.62 bits per heavy atom. The standard InChI is InChI=1S/C10H21NOS/c1-8-5-4-6-11(8)9(2)10(7-12)13-3/h8-10,12H,4-7H2,1-3H3. The number of nitrogens with zero attached hydrogens (tertiary/aromatic N) is 1. The van der Waals surface area contributed by atoms with E-state index in [2.05, 4.69) is 25.0 Å². The highest BCUT2D eigenvalue weighted by molar-refractivity contribution is 7.99. The molecule has 0 aromatic carbocycles. The van der Waals surface area contributed by atoms with Crippen molar-refractivity contribution in [2.24, 2.45) is 0 Å². The summed E-state index contributed by atoms with van der Waals surface area (Å²) in [5.74, 6) is 0. The van der Waals surface area contributed by atoms with Crippen molar-refractivity contribution in [1.29, 1.82) is 0 Å². The van der Waals surface area contributed by atoms with E-state index in [1.807, 2.05) is 0 Å². The minimum absolute atomic E-state index is 0.297. The molecular formula is C10H21NOS. The molecule has 78 valence electrons. The number of hydrogen-bond donors (Lipinski definition) is 1. The first-order chi connectivity index (χ1) is 6.20. The molecule has 1 aliphatic rings. The zero-order valence-corrected chi connectivity index (χ0v) is 9.68. The van der Waals surface area contributed by atoms with Crippen molar-refractivity contribution < 1.29 is 5.11 Å². The monoisotopic (exact) mass is 203 g/mol. The first kappa shape index (κ1) is 11.3. The summed E-state index contributed by atoms with van der Waals surface area (Å²) in [5.41, 5.74) is 0. The molecule has 0 aromatic rings. The van der Waals surface area contributed by atoms with Crippen LogP contribution in [0.25, 0.3) is 0 Å². The largest absolute Gasteiger partial charge is 0.395 e. The van der Waals surface area contributed by atoms with Crippen LogP contribution in [0, 0.1) is 0 Å². The van der Waals surface area contributed by atoms with Gasteiger partial charge in [-0.2, -0.15) is 11.8 Å². The highest BCUT2D eigenvalue weighted by atomic mass is 32.2. The quantitative estimate of drug-likeness (QED) is 0.750. The molecule has 3 unspecified atom stereocenters. The van der Waals surface area contributed by atoms with E-state index in [-0.39, 0.29) is 0 Å². The molecule has 0 saturated carbocycles. The summed E-state index contributed by atoms with van der Waals surface area (Å²) in [5, 5.41) is 9.57. The van der Waals surface area contributed by atoms with Crippen molar-refractivity contribution in [2.45, 2.75) is 44.0 Å². The third-order valence-electron chi connectivity index (χ3n) is 3.15. The number of rotatable bonds is 4. The average molecular weight is 203 g/mol. The Labute approximate surface area is 85.7 Å². The normalized spacial score (nSPS) is 29.1. The van der Waals surface area contributed by atoms with E-state index in [0.29, 0.717) is 23.9 Å². The molecule has 0 bridgehead atoms. The fourth-order valence-electron chi connectivity index (χ4n) is 2.20. The zero-order valence-electron chi connectivity index (χ0n) is 8.86. The van der Waals surface area contributed by atoms with E-state index < -0.39 is 0 Å². The Bertz CT molecular complexity index is 150. The maximum absolute atomic E-state index is 9.20. The minimum Gasteiger partial charge on any atom is -0.395 e. The van der Waals surface area contributed by atoms with Crippen LogP contribution in [0.1, 0.15) is 26.7 Å². The van der Waals surface area contributed by atoms with Crippen LogP contribution in [0.15, 0.2) is 0 Å². The number of aliphatic hydroxyl groups is 1. The molecule has 0 aliphatic carbocycles. The van der Waals surface area contributed by atoms with Crippen LogP contribution in [0.4, 0.5) is 0 Å². The lowest BCUT2D eigenvalue weighted by molar-refractivity contribution is 0.169. The van der Waals surface area contributed by atoms with Crippen LogP contribution in [-0.4, -0.2) is 46.7 Å². The van der Waals surface area contributed by atoms with E-state index in [1.54, 1.807) is 11.8 Å². The van der Waals surface area contributed by atoms with Crippen LogP contribution in [0.2, 0.25) is 0 Å². The first-order valence-electron chi connectivity index (χ1n) is 5.10. The van der Waals surface area contributed by atoms with Crippen molar-refractivity contribution in [3.05, 3.63) is 0 Å². The molecule has 1 fully saturated rings. The van der Waals surface area contributed by atoms with Gasteiger partial charge in [0.1, 0.15) is 0 Å². The number of aliphatic hydroxyl groups excluding tert-OH is 1. The van der Waals surface area contributed by atoms with Gasteiger partial charge in [-0.25, -0.2) is 0 Å². The van der Waals surface area contributed by atoms with E-state index in [0.717, 1.165) is 0 Å². The first-order valence-corrected chi connectivity index (χ1v) is 6.39. The van der Waals surface area contributed by atoms with Crippen molar-refractivity contribution >= 4 is 11.8 Å². The third-order valence-corrected chi connectivity index (χ3v) is 4.30. The highest BCUT2D eigenvalue weighted by Crippen LogP contribution is 2.24. The number of thioether (sulfide) groups is 1. The molecule has 0 amide bonds. The van der Waals surface area contributed by atoms with Crippen molar-refractivity contribution in [2.75, 3.05) is 19.4 Å². The van der Waals surface area contributed by atoms with E-state index in [1.165, 1.54) is 19.4 Å². The third kappa shape index (κ3) is 2.61. The second kappa shape index (κ2) is 5.23. The Morgan fingerprint density at radius 2 is 2.31 bits per heavy atom. The highest BCUT2D eigenvalue weighted by Gasteiger charge is 2.29. The van der Waals surface area contributed by atoms with Crippen LogP contribution in [-0.2, 0) is 0 Å². The van der Waals surface area contributed by atoms with Crippen LogP contribution in [0.3, 0.4) is 0 Å². The van der Waals surface area contributed by atoms with Gasteiger partial charge in [-0.15, -0.1) is 0 Å². The molecule has 0 radical (unpaired) electrons. The van der Waals surface area contributed by atoms with Gasteiger partial charge in [-0.05, 0) is 39.5 Å². The van der Waals surface area contributed by atoms with Crippen molar-refractivity contribution in [3.8, 4) is 0 Å². The van der Waals surface area contributed by atoms with Gasteiger partial charge in [-0.1, -0.05) is 0 Å². The fourth-order valence-corrected chi connectivity index (χ4v) is 2.90. The van der Waals surface area contributed by atoms with Crippen LogP contribution >= 0.6 is 11.8 Å². The Hall–Kier alpha value is 0.270. The lowest BCUT2D eigenvalue weighted by atomic mass is 10.2. The molecule has 0 spiro atoms. The van der Waals surface area contributed by atoms with Gasteiger partial charge in [0.05, 0.1) is 6.61 Å². The molecule has 0 aromatic heterocycles. The summed E-state index contributed by atoms with van der Waals surface area (Å²) in [6, 6.07) is 1.22. The van der Waals surface area contributed by atoms with E-state index in [4.69, 9.17) is 0 Å². The van der Waals surface area contributed by atoms with Gasteiger partial charge >= 0.3 is 0 Å². The van der Waals surface area contributed by atoms with E-state index in [9.17, 15) is 5.11 Å². The summed E-state index contributed by atoms with van der Waals surface area (Å²) in [6.45, 7) is 6.03. The lowest BCUT2D eigenvalue weighted by Gasteiger charge is -2.32. The molecule has 1 rings (SSSR count). The fraction of sp³-hybridized carbons (Fsp3) is 1.00. The predicted molar refractivity (Wildman–Crippen MR) is 59.3 cm³/mol. The van der Waals surface area contributed by atoms with Crippen LogP contribution < -0.4 is 0 Å². The maximum Gasteiger partial charge on any atom is 0.0565 e. The summed E-state index contributed by atoms with van der Waals surface area (Å²) in [7, 11) is 0.